The molecule has 5 nitrogen and oxygen atoms in total. The summed E-state index contributed by atoms with van der Waals surface area (Å²) in [6, 6.07) is 18.0. The van der Waals surface area contributed by atoms with Gasteiger partial charge in [0.2, 0.25) is 0 Å². The van der Waals surface area contributed by atoms with Crippen LogP contribution in [0.3, 0.4) is 0 Å². The van der Waals surface area contributed by atoms with Gasteiger partial charge >= 0.3 is 0 Å². The van der Waals surface area contributed by atoms with Gasteiger partial charge in [-0.25, -0.2) is 4.98 Å². The van der Waals surface area contributed by atoms with E-state index in [0.717, 1.165) is 38.6 Å². The maximum absolute atomic E-state index is 12.2. The summed E-state index contributed by atoms with van der Waals surface area (Å²) in [5.74, 6) is 1.87. The Morgan fingerprint density at radius 2 is 1.87 bits per heavy atom. The van der Waals surface area contributed by atoms with Crippen molar-refractivity contribution in [1.29, 1.82) is 0 Å². The van der Waals surface area contributed by atoms with Gasteiger partial charge in [-0.05, 0) is 48.6 Å². The Balaban J connectivity index is 1.45. The van der Waals surface area contributed by atoms with Gasteiger partial charge in [-0.3, -0.25) is 4.79 Å². The van der Waals surface area contributed by atoms with E-state index in [2.05, 4.69) is 41.9 Å². The first-order chi connectivity index (χ1) is 14.6. The standard InChI is InChI=1S/C24H25N3O2S/c1-17-7-5-8-18(2)23(17)29-15-14-27-20-10-4-3-9-19(20)26-22(27)12-13-25-24(28)21-11-6-16-30-21/h3-11,16H,12-15H2,1-2H3,(H,25,28). The van der Waals surface area contributed by atoms with Crippen LogP contribution in [0.2, 0.25) is 0 Å². The molecule has 0 bridgehead atoms. The molecule has 0 aliphatic carbocycles. The molecule has 4 rings (SSSR count). The van der Waals surface area contributed by atoms with Gasteiger partial charge in [-0.15, -0.1) is 11.3 Å². The monoisotopic (exact) mass is 419 g/mol. The van der Waals surface area contributed by atoms with E-state index in [-0.39, 0.29) is 5.91 Å². The van der Waals surface area contributed by atoms with E-state index in [9.17, 15) is 4.79 Å². The zero-order valence-corrected chi connectivity index (χ0v) is 18.0. The number of aromatic nitrogens is 2. The Morgan fingerprint density at radius 1 is 1.07 bits per heavy atom. The number of rotatable bonds is 8. The van der Waals surface area contributed by atoms with Crippen LogP contribution in [0.5, 0.6) is 5.75 Å². The minimum atomic E-state index is -0.0361. The fourth-order valence-corrected chi connectivity index (χ4v) is 4.25. The maximum atomic E-state index is 12.2. The van der Waals surface area contributed by atoms with Crippen molar-refractivity contribution in [1.82, 2.24) is 14.9 Å². The Bertz CT molecular complexity index is 1130. The number of hydrogen-bond donors (Lipinski definition) is 1. The molecule has 2 aromatic heterocycles. The van der Waals surface area contributed by atoms with E-state index >= 15 is 0 Å². The zero-order chi connectivity index (χ0) is 20.9. The Hall–Kier alpha value is -3.12. The molecule has 4 aromatic rings. The highest BCUT2D eigenvalue weighted by atomic mass is 32.1. The molecule has 0 spiro atoms. The minimum absolute atomic E-state index is 0.0361. The summed E-state index contributed by atoms with van der Waals surface area (Å²) in [5, 5.41) is 4.90. The van der Waals surface area contributed by atoms with E-state index in [1.807, 2.05) is 41.8 Å². The number of imidazole rings is 1. The van der Waals surface area contributed by atoms with E-state index in [4.69, 9.17) is 9.72 Å². The average molecular weight is 420 g/mol. The number of hydrogen-bond acceptors (Lipinski definition) is 4. The fourth-order valence-electron chi connectivity index (χ4n) is 3.61. The first kappa shape index (κ1) is 20.2. The molecular weight excluding hydrogens is 394 g/mol. The SMILES string of the molecule is Cc1cccc(C)c1OCCn1c(CCNC(=O)c2cccs2)nc2ccccc21. The third-order valence-corrected chi connectivity index (χ3v) is 5.95. The molecule has 0 aliphatic rings. The number of fused-ring (bicyclic) bond motifs is 1. The first-order valence-electron chi connectivity index (χ1n) is 10.1. The first-order valence-corrected chi connectivity index (χ1v) is 11.0. The third kappa shape index (κ3) is 4.39. The number of para-hydroxylation sites is 3. The number of thiophene rings is 1. The minimum Gasteiger partial charge on any atom is -0.491 e. The lowest BCUT2D eigenvalue weighted by molar-refractivity contribution is 0.0958. The van der Waals surface area contributed by atoms with Crippen LogP contribution in [0, 0.1) is 13.8 Å². The number of carbonyl (C=O) groups is 1. The number of benzene rings is 2. The maximum Gasteiger partial charge on any atom is 0.261 e. The van der Waals surface area contributed by atoms with Crippen molar-refractivity contribution in [2.24, 2.45) is 0 Å². The fraction of sp³-hybridized carbons (Fsp3) is 0.250. The summed E-state index contributed by atoms with van der Waals surface area (Å²) in [6.07, 6.45) is 0.662. The zero-order valence-electron chi connectivity index (χ0n) is 17.2. The highest BCUT2D eigenvalue weighted by Crippen LogP contribution is 2.23. The van der Waals surface area contributed by atoms with Gasteiger partial charge in [0.1, 0.15) is 18.2 Å². The van der Waals surface area contributed by atoms with Crippen LogP contribution in [-0.2, 0) is 13.0 Å². The van der Waals surface area contributed by atoms with Crippen LogP contribution in [0.15, 0.2) is 60.0 Å². The van der Waals surface area contributed by atoms with Crippen LogP contribution >= 0.6 is 11.3 Å². The smallest absolute Gasteiger partial charge is 0.261 e. The predicted molar refractivity (Wildman–Crippen MR) is 122 cm³/mol. The average Bonchev–Trinajstić information content (AvgIpc) is 3.39. The number of nitrogens with zero attached hydrogens (tertiary/aromatic N) is 2. The van der Waals surface area contributed by atoms with Crippen molar-refractivity contribution < 1.29 is 9.53 Å². The number of carbonyl (C=O) groups excluding carboxylic acids is 1. The normalized spacial score (nSPS) is 11.0. The molecule has 0 fully saturated rings. The molecule has 1 N–H and O–H groups in total. The second kappa shape index (κ2) is 9.13. The molecule has 2 heterocycles. The molecular formula is C24H25N3O2S. The van der Waals surface area contributed by atoms with E-state index < -0.39 is 0 Å². The lowest BCUT2D eigenvalue weighted by Gasteiger charge is -2.14. The van der Waals surface area contributed by atoms with Crippen LogP contribution < -0.4 is 10.1 Å². The van der Waals surface area contributed by atoms with Crippen LogP contribution in [-0.4, -0.2) is 28.6 Å². The van der Waals surface area contributed by atoms with Gasteiger partial charge in [-0.2, -0.15) is 0 Å². The van der Waals surface area contributed by atoms with Crippen LogP contribution in [0.4, 0.5) is 0 Å². The molecule has 30 heavy (non-hydrogen) atoms. The highest BCUT2D eigenvalue weighted by molar-refractivity contribution is 7.12. The largest absolute Gasteiger partial charge is 0.491 e. The Labute approximate surface area is 180 Å². The van der Waals surface area contributed by atoms with E-state index in [1.54, 1.807) is 0 Å². The number of nitrogens with one attached hydrogen (secondary N) is 1. The molecule has 0 radical (unpaired) electrons. The summed E-state index contributed by atoms with van der Waals surface area (Å²) in [5.41, 5.74) is 4.33. The van der Waals surface area contributed by atoms with Crippen LogP contribution in [0.1, 0.15) is 26.6 Å². The molecule has 0 saturated carbocycles. The van der Waals surface area contributed by atoms with E-state index in [0.29, 0.717) is 26.1 Å². The number of amides is 1. The van der Waals surface area contributed by atoms with E-state index in [1.165, 1.54) is 11.3 Å². The lowest BCUT2D eigenvalue weighted by Crippen LogP contribution is -2.26. The summed E-state index contributed by atoms with van der Waals surface area (Å²) >= 11 is 1.45. The molecule has 1 amide bonds. The molecule has 0 atom stereocenters. The Morgan fingerprint density at radius 3 is 2.63 bits per heavy atom. The van der Waals surface area contributed by atoms with Crippen molar-refractivity contribution in [3.05, 3.63) is 81.8 Å². The summed E-state index contributed by atoms with van der Waals surface area (Å²) < 4.78 is 8.31. The van der Waals surface area contributed by atoms with Gasteiger partial charge in [0.05, 0.1) is 22.5 Å². The van der Waals surface area contributed by atoms with Gasteiger partial charge in [-0.1, -0.05) is 36.4 Å². The van der Waals surface area contributed by atoms with Gasteiger partial charge in [0.15, 0.2) is 0 Å². The van der Waals surface area contributed by atoms with Gasteiger partial charge in [0.25, 0.3) is 5.91 Å². The highest BCUT2D eigenvalue weighted by Gasteiger charge is 2.12. The molecule has 154 valence electrons. The summed E-state index contributed by atoms with van der Waals surface area (Å²) in [6.45, 7) is 5.92. The number of aryl methyl sites for hydroxylation is 2. The number of ether oxygens (including phenoxy) is 1. The molecule has 6 heteroatoms. The second-order valence-electron chi connectivity index (χ2n) is 7.22. The lowest BCUT2D eigenvalue weighted by atomic mass is 10.1. The van der Waals surface area contributed by atoms with Gasteiger partial charge in [0, 0.05) is 13.0 Å². The van der Waals surface area contributed by atoms with Crippen LogP contribution in [0.25, 0.3) is 11.0 Å². The van der Waals surface area contributed by atoms with Crippen molar-refractivity contribution in [2.75, 3.05) is 13.2 Å². The molecule has 0 aliphatic heterocycles. The van der Waals surface area contributed by atoms with Crippen molar-refractivity contribution in [3.8, 4) is 5.75 Å². The molecule has 0 saturated heterocycles. The molecule has 0 unspecified atom stereocenters. The van der Waals surface area contributed by atoms with Crippen molar-refractivity contribution in [2.45, 2.75) is 26.8 Å². The van der Waals surface area contributed by atoms with Gasteiger partial charge < -0.3 is 14.6 Å². The quantitative estimate of drug-likeness (QED) is 0.448. The molecule has 2 aromatic carbocycles. The predicted octanol–water partition coefficient (Wildman–Crippen LogP) is 4.77. The Kier molecular flexibility index (Phi) is 6.14. The second-order valence-corrected chi connectivity index (χ2v) is 8.17. The summed E-state index contributed by atoms with van der Waals surface area (Å²) in [7, 11) is 0. The topological polar surface area (TPSA) is 56.1 Å². The summed E-state index contributed by atoms with van der Waals surface area (Å²) in [4.78, 5) is 17.7. The van der Waals surface area contributed by atoms with Crippen molar-refractivity contribution in [3.63, 3.8) is 0 Å². The third-order valence-electron chi connectivity index (χ3n) is 5.08. The van der Waals surface area contributed by atoms with Crippen molar-refractivity contribution >= 4 is 28.3 Å².